The van der Waals surface area contributed by atoms with Gasteiger partial charge < -0.3 is 5.32 Å². The molecule has 0 saturated heterocycles. The number of benzene rings is 1. The van der Waals surface area contributed by atoms with E-state index < -0.39 is 0 Å². The summed E-state index contributed by atoms with van der Waals surface area (Å²) in [5, 5.41) is 3.43. The zero-order chi connectivity index (χ0) is 11.3. The van der Waals surface area contributed by atoms with Crippen LogP contribution in [0.1, 0.15) is 32.3 Å². The smallest absolute Gasteiger partial charge is 0.0175 e. The molecule has 0 heterocycles. The molecular weight excluding hydrogens is 250 g/mol. The standard InChI is InChI=1S/C13H20BrN/c1-4-15-9-13(10(2)3)11-5-7-12(14)8-6-11/h5-8,10,13,15H,4,9H2,1-3H3. The molecule has 1 atom stereocenters. The molecule has 0 bridgehead atoms. The maximum atomic E-state index is 3.47. The third-order valence-corrected chi connectivity index (χ3v) is 3.25. The number of likely N-dealkylation sites (N-methyl/N-ethyl adjacent to an activating group) is 1. The van der Waals surface area contributed by atoms with Crippen molar-refractivity contribution in [2.45, 2.75) is 26.7 Å². The van der Waals surface area contributed by atoms with Gasteiger partial charge in [-0.15, -0.1) is 0 Å². The first kappa shape index (κ1) is 12.7. The van der Waals surface area contributed by atoms with E-state index in [9.17, 15) is 0 Å². The SMILES string of the molecule is CCNCC(c1ccc(Br)cc1)C(C)C. The minimum Gasteiger partial charge on any atom is -0.316 e. The molecule has 1 aromatic rings. The van der Waals surface area contributed by atoms with E-state index in [1.807, 2.05) is 0 Å². The van der Waals surface area contributed by atoms with E-state index >= 15 is 0 Å². The van der Waals surface area contributed by atoms with E-state index in [1.54, 1.807) is 0 Å². The maximum absolute atomic E-state index is 3.47. The van der Waals surface area contributed by atoms with Crippen molar-refractivity contribution in [2.75, 3.05) is 13.1 Å². The minimum absolute atomic E-state index is 0.609. The summed E-state index contributed by atoms with van der Waals surface area (Å²) in [6.45, 7) is 8.82. The number of rotatable bonds is 5. The van der Waals surface area contributed by atoms with Crippen molar-refractivity contribution in [2.24, 2.45) is 5.92 Å². The van der Waals surface area contributed by atoms with Gasteiger partial charge in [0.15, 0.2) is 0 Å². The lowest BCUT2D eigenvalue weighted by atomic mass is 9.88. The Kier molecular flexibility index (Phi) is 5.34. The summed E-state index contributed by atoms with van der Waals surface area (Å²) in [6.07, 6.45) is 0. The number of nitrogens with one attached hydrogen (secondary N) is 1. The zero-order valence-electron chi connectivity index (χ0n) is 9.76. The van der Waals surface area contributed by atoms with Crippen LogP contribution in [0.2, 0.25) is 0 Å². The molecular formula is C13H20BrN. The lowest BCUT2D eigenvalue weighted by molar-refractivity contribution is 0.467. The topological polar surface area (TPSA) is 12.0 Å². The number of hydrogen-bond donors (Lipinski definition) is 1. The molecule has 2 heteroatoms. The largest absolute Gasteiger partial charge is 0.316 e. The van der Waals surface area contributed by atoms with Crippen LogP contribution in [0.15, 0.2) is 28.7 Å². The highest BCUT2D eigenvalue weighted by Gasteiger charge is 2.14. The Hall–Kier alpha value is -0.340. The van der Waals surface area contributed by atoms with E-state index in [1.165, 1.54) is 5.56 Å². The monoisotopic (exact) mass is 269 g/mol. The van der Waals surface area contributed by atoms with Gasteiger partial charge in [0, 0.05) is 11.0 Å². The van der Waals surface area contributed by atoms with E-state index in [2.05, 4.69) is 66.3 Å². The number of hydrogen-bond acceptors (Lipinski definition) is 1. The average molecular weight is 270 g/mol. The fraction of sp³-hybridized carbons (Fsp3) is 0.538. The van der Waals surface area contributed by atoms with Gasteiger partial charge in [0.05, 0.1) is 0 Å². The van der Waals surface area contributed by atoms with Crippen molar-refractivity contribution in [3.8, 4) is 0 Å². The predicted molar refractivity (Wildman–Crippen MR) is 70.3 cm³/mol. The third-order valence-electron chi connectivity index (χ3n) is 2.72. The van der Waals surface area contributed by atoms with Gasteiger partial charge in [0.25, 0.3) is 0 Å². The molecule has 84 valence electrons. The molecule has 1 aromatic carbocycles. The second-order valence-corrected chi connectivity index (χ2v) is 5.13. The lowest BCUT2D eigenvalue weighted by Gasteiger charge is -2.21. The highest BCUT2D eigenvalue weighted by molar-refractivity contribution is 9.10. The zero-order valence-corrected chi connectivity index (χ0v) is 11.3. The maximum Gasteiger partial charge on any atom is 0.0175 e. The van der Waals surface area contributed by atoms with Gasteiger partial charge in [0.1, 0.15) is 0 Å². The molecule has 0 aliphatic rings. The van der Waals surface area contributed by atoms with Crippen molar-refractivity contribution >= 4 is 15.9 Å². The van der Waals surface area contributed by atoms with Crippen molar-refractivity contribution in [3.05, 3.63) is 34.3 Å². The molecule has 1 nitrogen and oxygen atoms in total. The molecule has 0 aliphatic carbocycles. The highest BCUT2D eigenvalue weighted by Crippen LogP contribution is 2.24. The van der Waals surface area contributed by atoms with E-state index in [0.29, 0.717) is 11.8 Å². The Morgan fingerprint density at radius 3 is 2.27 bits per heavy atom. The van der Waals surface area contributed by atoms with Gasteiger partial charge in [-0.25, -0.2) is 0 Å². The van der Waals surface area contributed by atoms with Crippen LogP contribution < -0.4 is 5.32 Å². The summed E-state index contributed by atoms with van der Waals surface area (Å²) in [5.41, 5.74) is 1.43. The van der Waals surface area contributed by atoms with Crippen LogP contribution in [0.25, 0.3) is 0 Å². The van der Waals surface area contributed by atoms with Crippen LogP contribution in [0, 0.1) is 5.92 Å². The first-order chi connectivity index (χ1) is 7.15. The van der Waals surface area contributed by atoms with Crippen molar-refractivity contribution in [1.82, 2.24) is 5.32 Å². The van der Waals surface area contributed by atoms with Crippen LogP contribution in [-0.2, 0) is 0 Å². The van der Waals surface area contributed by atoms with E-state index in [0.717, 1.165) is 17.6 Å². The second kappa shape index (κ2) is 6.29. The fourth-order valence-corrected chi connectivity index (χ4v) is 2.01. The van der Waals surface area contributed by atoms with E-state index in [4.69, 9.17) is 0 Å². The molecule has 0 spiro atoms. The summed E-state index contributed by atoms with van der Waals surface area (Å²) in [4.78, 5) is 0. The molecule has 0 amide bonds. The molecule has 0 aliphatic heterocycles. The Bertz CT molecular complexity index is 279. The van der Waals surface area contributed by atoms with Crippen molar-refractivity contribution < 1.29 is 0 Å². The summed E-state index contributed by atoms with van der Waals surface area (Å²) < 4.78 is 1.15. The third kappa shape index (κ3) is 3.96. The second-order valence-electron chi connectivity index (χ2n) is 4.21. The Labute approximate surface area is 101 Å². The van der Waals surface area contributed by atoms with Crippen LogP contribution in [-0.4, -0.2) is 13.1 Å². The quantitative estimate of drug-likeness (QED) is 0.858. The minimum atomic E-state index is 0.609. The average Bonchev–Trinajstić information content (AvgIpc) is 2.21. The normalized spacial score (nSPS) is 13.1. The van der Waals surface area contributed by atoms with Gasteiger partial charge >= 0.3 is 0 Å². The molecule has 1 unspecified atom stereocenters. The fourth-order valence-electron chi connectivity index (χ4n) is 1.75. The predicted octanol–water partition coefficient (Wildman–Crippen LogP) is 3.80. The van der Waals surface area contributed by atoms with Crippen LogP contribution in [0.5, 0.6) is 0 Å². The van der Waals surface area contributed by atoms with E-state index in [-0.39, 0.29) is 0 Å². The lowest BCUT2D eigenvalue weighted by Crippen LogP contribution is -2.24. The van der Waals surface area contributed by atoms with Gasteiger partial charge in [0.2, 0.25) is 0 Å². The van der Waals surface area contributed by atoms with Crippen LogP contribution in [0.4, 0.5) is 0 Å². The van der Waals surface area contributed by atoms with Gasteiger partial charge in [-0.1, -0.05) is 48.8 Å². The molecule has 0 radical (unpaired) electrons. The molecule has 0 fully saturated rings. The van der Waals surface area contributed by atoms with Gasteiger partial charge in [-0.05, 0) is 36.1 Å². The van der Waals surface area contributed by atoms with Crippen molar-refractivity contribution in [3.63, 3.8) is 0 Å². The van der Waals surface area contributed by atoms with Crippen LogP contribution in [0.3, 0.4) is 0 Å². The Balaban J connectivity index is 2.74. The molecule has 0 aromatic heterocycles. The summed E-state index contributed by atoms with van der Waals surface area (Å²) >= 11 is 3.47. The first-order valence-corrected chi connectivity index (χ1v) is 6.40. The van der Waals surface area contributed by atoms with Crippen LogP contribution >= 0.6 is 15.9 Å². The molecule has 1 N–H and O–H groups in total. The molecule has 1 rings (SSSR count). The molecule has 15 heavy (non-hydrogen) atoms. The summed E-state index contributed by atoms with van der Waals surface area (Å²) in [7, 11) is 0. The summed E-state index contributed by atoms with van der Waals surface area (Å²) in [6, 6.07) is 8.67. The first-order valence-electron chi connectivity index (χ1n) is 5.61. The van der Waals surface area contributed by atoms with Gasteiger partial charge in [-0.2, -0.15) is 0 Å². The van der Waals surface area contributed by atoms with Crippen molar-refractivity contribution in [1.29, 1.82) is 0 Å². The molecule has 0 saturated carbocycles. The number of halogens is 1. The van der Waals surface area contributed by atoms with Gasteiger partial charge in [-0.3, -0.25) is 0 Å². The Morgan fingerprint density at radius 2 is 1.80 bits per heavy atom. The highest BCUT2D eigenvalue weighted by atomic mass is 79.9. The Morgan fingerprint density at radius 1 is 1.20 bits per heavy atom. The summed E-state index contributed by atoms with van der Waals surface area (Å²) in [5.74, 6) is 1.28.